The zero-order valence-corrected chi connectivity index (χ0v) is 24.6. The fourth-order valence-corrected chi connectivity index (χ4v) is 7.27. The van der Waals surface area contributed by atoms with E-state index >= 15 is 0 Å². The molecule has 1 nitrogen and oxygen atoms in total. The Bertz CT molecular complexity index is 1070. The van der Waals surface area contributed by atoms with E-state index in [1.165, 1.54) is 88.5 Å². The lowest BCUT2D eigenvalue weighted by Crippen LogP contribution is -2.26. The maximum Gasteiger partial charge on any atom is 0.201 e. The normalized spacial score (nSPS) is 23.4. The highest BCUT2D eigenvalue weighted by Crippen LogP contribution is 2.43. The van der Waals surface area contributed by atoms with Crippen LogP contribution < -0.4 is 4.74 Å². The first-order valence-corrected chi connectivity index (χ1v) is 16.0. The minimum Gasteiger partial charge on any atom is -0.490 e. The second kappa shape index (κ2) is 15.3. The number of halogens is 4. The molecule has 2 aromatic rings. The Morgan fingerprint density at radius 1 is 0.600 bits per heavy atom. The van der Waals surface area contributed by atoms with E-state index in [4.69, 9.17) is 4.74 Å². The van der Waals surface area contributed by atoms with Gasteiger partial charge in [-0.3, -0.25) is 0 Å². The van der Waals surface area contributed by atoms with E-state index < -0.39 is 23.3 Å². The topological polar surface area (TPSA) is 9.23 Å². The number of ether oxygens (including phenoxy) is 1. The summed E-state index contributed by atoms with van der Waals surface area (Å²) in [5, 5.41) is 0. The average Bonchev–Trinajstić information content (AvgIpc) is 2.97. The number of unbranched alkanes of at least 4 members (excludes halogenated alkanes) is 2. The van der Waals surface area contributed by atoms with Crippen molar-refractivity contribution in [3.63, 3.8) is 0 Å². The molecule has 0 radical (unpaired) electrons. The molecule has 2 aliphatic rings. The number of rotatable bonds is 13. The molecule has 0 saturated heterocycles. The van der Waals surface area contributed by atoms with Crippen molar-refractivity contribution in [1.29, 1.82) is 0 Å². The van der Waals surface area contributed by atoms with Crippen molar-refractivity contribution in [2.45, 2.75) is 117 Å². The van der Waals surface area contributed by atoms with E-state index in [2.05, 4.69) is 6.92 Å². The summed E-state index contributed by atoms with van der Waals surface area (Å²) in [6.07, 6.45) is 18.5. The van der Waals surface area contributed by atoms with Gasteiger partial charge in [0.15, 0.2) is 23.2 Å². The molecule has 0 amide bonds. The zero-order valence-electron chi connectivity index (χ0n) is 24.6. The highest BCUT2D eigenvalue weighted by Gasteiger charge is 2.30. The molecule has 2 saturated carbocycles. The van der Waals surface area contributed by atoms with Gasteiger partial charge in [-0.1, -0.05) is 77.3 Å². The van der Waals surface area contributed by atoms with Crippen LogP contribution in [-0.2, 0) is 6.42 Å². The standard InChI is InChI=1S/C35H48F4O/c1-3-5-6-10-28-19-20-29(33(37)32(28)36)30-21-22-31(35(39)34(30)38)40-23-7-9-25-13-17-27(18-14-25)26-15-11-24(8-4-2)12-16-26/h19-22,24-27H,3-18,23H2,1-2H3/t24-,25?,26-,27?. The van der Waals surface area contributed by atoms with Crippen LogP contribution in [0.5, 0.6) is 5.75 Å². The Kier molecular flexibility index (Phi) is 11.8. The number of aryl methyl sites for hydroxylation is 1. The number of hydrogen-bond donors (Lipinski definition) is 0. The van der Waals surface area contributed by atoms with Crippen molar-refractivity contribution in [2.75, 3.05) is 6.61 Å². The largest absolute Gasteiger partial charge is 0.490 e. The van der Waals surface area contributed by atoms with Gasteiger partial charge >= 0.3 is 0 Å². The maximum atomic E-state index is 14.9. The minimum atomic E-state index is -1.21. The molecule has 0 aliphatic heterocycles. The maximum absolute atomic E-state index is 14.9. The Labute approximate surface area is 239 Å². The predicted molar refractivity (Wildman–Crippen MR) is 155 cm³/mol. The summed E-state index contributed by atoms with van der Waals surface area (Å²) in [5.41, 5.74) is -0.306. The lowest BCUT2D eigenvalue weighted by molar-refractivity contribution is 0.138. The van der Waals surface area contributed by atoms with E-state index in [9.17, 15) is 17.6 Å². The summed E-state index contributed by atoms with van der Waals surface area (Å²) in [4.78, 5) is 0. The van der Waals surface area contributed by atoms with E-state index in [0.29, 0.717) is 18.9 Å². The third kappa shape index (κ3) is 7.82. The molecule has 222 valence electrons. The molecule has 4 rings (SSSR count). The van der Waals surface area contributed by atoms with Crippen LogP contribution in [0.2, 0.25) is 0 Å². The molecular weight excluding hydrogens is 512 g/mol. The van der Waals surface area contributed by atoms with Gasteiger partial charge in [0, 0.05) is 11.1 Å². The van der Waals surface area contributed by atoms with Crippen LogP contribution in [0.4, 0.5) is 17.6 Å². The second-order valence-electron chi connectivity index (χ2n) is 12.4. The van der Waals surface area contributed by atoms with Crippen LogP contribution in [0.1, 0.15) is 116 Å². The van der Waals surface area contributed by atoms with Crippen molar-refractivity contribution < 1.29 is 22.3 Å². The van der Waals surface area contributed by atoms with Crippen LogP contribution in [0.15, 0.2) is 24.3 Å². The molecule has 0 unspecified atom stereocenters. The first kappa shape index (κ1) is 30.9. The van der Waals surface area contributed by atoms with Crippen LogP contribution in [0, 0.1) is 46.9 Å². The van der Waals surface area contributed by atoms with Crippen LogP contribution in [0.3, 0.4) is 0 Å². The van der Waals surface area contributed by atoms with Gasteiger partial charge in [-0.15, -0.1) is 0 Å². The average molecular weight is 561 g/mol. The summed E-state index contributed by atoms with van der Waals surface area (Å²) in [6, 6.07) is 5.40. The SMILES string of the molecule is CCCCCc1ccc(-c2ccc(OCCCC3CCC([C@H]4CC[C@H](CCC)CC4)CC3)c(F)c2F)c(F)c1F. The third-order valence-corrected chi connectivity index (χ3v) is 9.71. The fraction of sp³-hybridized carbons (Fsp3) is 0.657. The van der Waals surface area contributed by atoms with Gasteiger partial charge < -0.3 is 4.74 Å². The monoisotopic (exact) mass is 560 g/mol. The lowest BCUT2D eigenvalue weighted by Gasteiger charge is -2.38. The van der Waals surface area contributed by atoms with Gasteiger partial charge in [0.25, 0.3) is 0 Å². The fourth-order valence-electron chi connectivity index (χ4n) is 7.27. The Hall–Kier alpha value is -2.04. The quantitative estimate of drug-likeness (QED) is 0.175. The molecule has 2 fully saturated rings. The first-order valence-electron chi connectivity index (χ1n) is 16.0. The Morgan fingerprint density at radius 3 is 1.77 bits per heavy atom. The molecule has 0 N–H and O–H groups in total. The van der Waals surface area contributed by atoms with Gasteiger partial charge in [-0.25, -0.2) is 13.2 Å². The summed E-state index contributed by atoms with van der Waals surface area (Å²) < 4.78 is 64.7. The van der Waals surface area contributed by atoms with E-state index in [-0.39, 0.29) is 22.4 Å². The highest BCUT2D eigenvalue weighted by atomic mass is 19.2. The predicted octanol–water partition coefficient (Wildman–Crippen LogP) is 11.2. The van der Waals surface area contributed by atoms with Gasteiger partial charge in [-0.2, -0.15) is 4.39 Å². The second-order valence-corrected chi connectivity index (χ2v) is 12.4. The number of benzene rings is 2. The van der Waals surface area contributed by atoms with Crippen LogP contribution in [-0.4, -0.2) is 6.61 Å². The zero-order chi connectivity index (χ0) is 28.5. The van der Waals surface area contributed by atoms with Crippen LogP contribution in [0.25, 0.3) is 11.1 Å². The molecule has 0 atom stereocenters. The molecule has 5 heteroatoms. The van der Waals surface area contributed by atoms with Crippen molar-refractivity contribution in [3.05, 3.63) is 53.1 Å². The Balaban J connectivity index is 1.23. The molecule has 0 heterocycles. The molecule has 2 aromatic carbocycles. The van der Waals surface area contributed by atoms with Gasteiger partial charge in [0.1, 0.15) is 0 Å². The molecule has 0 bridgehead atoms. The third-order valence-electron chi connectivity index (χ3n) is 9.71. The van der Waals surface area contributed by atoms with E-state index in [1.54, 1.807) is 0 Å². The summed E-state index contributed by atoms with van der Waals surface area (Å²) in [5.74, 6) is -1.21. The van der Waals surface area contributed by atoms with Gasteiger partial charge in [-0.05, 0) is 92.7 Å². The van der Waals surface area contributed by atoms with Gasteiger partial charge in [0.2, 0.25) is 5.82 Å². The smallest absolute Gasteiger partial charge is 0.201 e. The minimum absolute atomic E-state index is 0.180. The van der Waals surface area contributed by atoms with Crippen LogP contribution >= 0.6 is 0 Å². The molecule has 0 aromatic heterocycles. The van der Waals surface area contributed by atoms with Gasteiger partial charge in [0.05, 0.1) is 6.61 Å². The Morgan fingerprint density at radius 2 is 1.18 bits per heavy atom. The summed E-state index contributed by atoms with van der Waals surface area (Å²) in [6.45, 7) is 4.64. The number of hydrogen-bond acceptors (Lipinski definition) is 1. The lowest BCUT2D eigenvalue weighted by atomic mass is 9.68. The molecule has 0 spiro atoms. The molecule has 2 aliphatic carbocycles. The molecular formula is C35H48F4O. The summed E-state index contributed by atoms with van der Waals surface area (Å²) in [7, 11) is 0. The van der Waals surface area contributed by atoms with Crippen molar-refractivity contribution in [2.24, 2.45) is 23.7 Å². The highest BCUT2D eigenvalue weighted by molar-refractivity contribution is 5.66. The van der Waals surface area contributed by atoms with E-state index in [1.807, 2.05) is 6.92 Å². The van der Waals surface area contributed by atoms with Crippen molar-refractivity contribution in [1.82, 2.24) is 0 Å². The van der Waals surface area contributed by atoms with Crippen molar-refractivity contribution >= 4 is 0 Å². The van der Waals surface area contributed by atoms with Crippen molar-refractivity contribution in [3.8, 4) is 16.9 Å². The molecule has 40 heavy (non-hydrogen) atoms. The summed E-state index contributed by atoms with van der Waals surface area (Å²) >= 11 is 0. The van der Waals surface area contributed by atoms with E-state index in [0.717, 1.165) is 49.9 Å². The first-order chi connectivity index (χ1) is 19.4.